The fourth-order valence-corrected chi connectivity index (χ4v) is 4.17. The first kappa shape index (κ1) is 16.1. The average molecular weight is 310 g/mol. The van der Waals surface area contributed by atoms with E-state index in [4.69, 9.17) is 5.73 Å². The monoisotopic (exact) mass is 310 g/mol. The number of Topliss-reactive ketones (excluding diaryl/α,β-unsaturated/α-hetero) is 1. The highest BCUT2D eigenvalue weighted by molar-refractivity contribution is 7.89. The Morgan fingerprint density at radius 2 is 1.86 bits per heavy atom. The average Bonchev–Trinajstić information content (AvgIpc) is 2.47. The molecule has 0 spiro atoms. The number of nitrogens with zero attached hydrogens (tertiary/aromatic N) is 1. The minimum absolute atomic E-state index is 0.0178. The topological polar surface area (TPSA) is 80.5 Å². The highest BCUT2D eigenvalue weighted by Crippen LogP contribution is 2.26. The summed E-state index contributed by atoms with van der Waals surface area (Å²) in [7, 11) is -1.96. The van der Waals surface area contributed by atoms with E-state index in [0.717, 1.165) is 25.7 Å². The number of nitrogens with two attached hydrogens (primary N) is 1. The van der Waals surface area contributed by atoms with E-state index in [-0.39, 0.29) is 22.8 Å². The molecule has 2 rings (SSSR count). The van der Waals surface area contributed by atoms with Gasteiger partial charge in [0.25, 0.3) is 0 Å². The molecule has 1 aromatic carbocycles. The fraction of sp³-hybridized carbons (Fsp3) is 0.533. The van der Waals surface area contributed by atoms with E-state index in [1.54, 1.807) is 19.2 Å². The van der Waals surface area contributed by atoms with Crippen molar-refractivity contribution in [3.8, 4) is 0 Å². The van der Waals surface area contributed by atoms with Crippen LogP contribution >= 0.6 is 0 Å². The summed E-state index contributed by atoms with van der Waals surface area (Å²) >= 11 is 0. The quantitative estimate of drug-likeness (QED) is 0.860. The van der Waals surface area contributed by atoms with Gasteiger partial charge in [-0.1, -0.05) is 12.1 Å². The van der Waals surface area contributed by atoms with Gasteiger partial charge in [0.2, 0.25) is 10.0 Å². The van der Waals surface area contributed by atoms with Crippen molar-refractivity contribution >= 4 is 15.8 Å². The zero-order valence-corrected chi connectivity index (χ0v) is 13.3. The molecule has 0 atom stereocenters. The smallest absolute Gasteiger partial charge is 0.243 e. The number of hydrogen-bond donors (Lipinski definition) is 1. The van der Waals surface area contributed by atoms with Gasteiger partial charge in [0.05, 0.1) is 4.90 Å². The third kappa shape index (κ3) is 3.51. The van der Waals surface area contributed by atoms with E-state index in [1.165, 1.54) is 23.4 Å². The number of hydrogen-bond acceptors (Lipinski definition) is 4. The van der Waals surface area contributed by atoms with Gasteiger partial charge < -0.3 is 5.73 Å². The molecule has 0 heterocycles. The molecule has 1 aromatic rings. The van der Waals surface area contributed by atoms with E-state index in [0.29, 0.717) is 5.56 Å². The van der Waals surface area contributed by atoms with Crippen molar-refractivity contribution in [2.75, 3.05) is 7.05 Å². The molecule has 0 unspecified atom stereocenters. The Morgan fingerprint density at radius 1 is 1.24 bits per heavy atom. The lowest BCUT2D eigenvalue weighted by Gasteiger charge is -2.32. The highest BCUT2D eigenvalue weighted by atomic mass is 32.2. The summed E-state index contributed by atoms with van der Waals surface area (Å²) in [6, 6.07) is 6.37. The van der Waals surface area contributed by atoms with Crippen molar-refractivity contribution in [2.45, 2.75) is 49.6 Å². The van der Waals surface area contributed by atoms with Gasteiger partial charge >= 0.3 is 0 Å². The third-order valence-corrected chi connectivity index (χ3v) is 6.08. The van der Waals surface area contributed by atoms with Crippen LogP contribution in [0.4, 0.5) is 0 Å². The molecule has 21 heavy (non-hydrogen) atoms. The van der Waals surface area contributed by atoms with Crippen LogP contribution in [0.3, 0.4) is 0 Å². The summed E-state index contributed by atoms with van der Waals surface area (Å²) in [6.45, 7) is 1.43. The molecule has 1 aliphatic rings. The van der Waals surface area contributed by atoms with Gasteiger partial charge in [-0.3, -0.25) is 4.79 Å². The number of rotatable bonds is 4. The Bertz CT molecular complexity index is 620. The third-order valence-electron chi connectivity index (χ3n) is 4.17. The Kier molecular flexibility index (Phi) is 4.81. The van der Waals surface area contributed by atoms with Crippen LogP contribution in [-0.2, 0) is 10.0 Å². The number of carbonyl (C=O) groups is 1. The Morgan fingerprint density at radius 3 is 2.43 bits per heavy atom. The van der Waals surface area contributed by atoms with E-state index in [2.05, 4.69) is 0 Å². The molecular weight excluding hydrogens is 288 g/mol. The molecule has 0 aromatic heterocycles. The van der Waals surface area contributed by atoms with Gasteiger partial charge in [0.1, 0.15) is 0 Å². The number of carbonyl (C=O) groups excluding carboxylic acids is 1. The Balaban J connectivity index is 2.25. The van der Waals surface area contributed by atoms with Crippen LogP contribution in [0.15, 0.2) is 29.2 Å². The second kappa shape index (κ2) is 6.25. The van der Waals surface area contributed by atoms with Crippen LogP contribution in [0.5, 0.6) is 0 Å². The first-order valence-electron chi connectivity index (χ1n) is 7.17. The van der Waals surface area contributed by atoms with Gasteiger partial charge in [-0.05, 0) is 44.7 Å². The molecule has 1 aliphatic carbocycles. The first-order chi connectivity index (χ1) is 9.82. The molecule has 0 amide bonds. The van der Waals surface area contributed by atoms with E-state index < -0.39 is 10.0 Å². The summed E-state index contributed by atoms with van der Waals surface area (Å²) in [6.07, 6.45) is 3.25. The number of ketones is 1. The standard InChI is InChI=1S/C15H22N2O3S/c1-11(18)12-4-3-5-15(10-12)21(19,20)17(2)14-8-6-13(16)7-9-14/h3-5,10,13-14H,6-9,16H2,1-2H3. The lowest BCUT2D eigenvalue weighted by molar-refractivity contribution is 0.101. The maximum Gasteiger partial charge on any atom is 0.243 e. The molecule has 0 aliphatic heterocycles. The van der Waals surface area contributed by atoms with Crippen molar-refractivity contribution in [1.82, 2.24) is 4.31 Å². The number of benzene rings is 1. The van der Waals surface area contributed by atoms with Crippen LogP contribution in [0, 0.1) is 0 Å². The maximum absolute atomic E-state index is 12.7. The maximum atomic E-state index is 12.7. The minimum Gasteiger partial charge on any atom is -0.328 e. The molecule has 0 saturated heterocycles. The van der Waals surface area contributed by atoms with Crippen molar-refractivity contribution in [1.29, 1.82) is 0 Å². The molecule has 0 bridgehead atoms. The molecule has 1 fully saturated rings. The zero-order valence-electron chi connectivity index (χ0n) is 12.5. The molecule has 0 radical (unpaired) electrons. The molecule has 5 nitrogen and oxygen atoms in total. The Hall–Kier alpha value is -1.24. The lowest BCUT2D eigenvalue weighted by Crippen LogP contribution is -2.41. The SMILES string of the molecule is CC(=O)c1cccc(S(=O)(=O)N(C)C2CCC(N)CC2)c1. The molecule has 1 saturated carbocycles. The molecular formula is C15H22N2O3S. The van der Waals surface area contributed by atoms with Crippen LogP contribution in [-0.4, -0.2) is 37.6 Å². The van der Waals surface area contributed by atoms with E-state index >= 15 is 0 Å². The van der Waals surface area contributed by atoms with Crippen molar-refractivity contribution in [3.05, 3.63) is 29.8 Å². The second-order valence-electron chi connectivity index (χ2n) is 5.67. The van der Waals surface area contributed by atoms with Crippen LogP contribution < -0.4 is 5.73 Å². The largest absolute Gasteiger partial charge is 0.328 e. The summed E-state index contributed by atoms with van der Waals surface area (Å²) in [4.78, 5) is 11.6. The minimum atomic E-state index is -3.57. The van der Waals surface area contributed by atoms with Gasteiger partial charge in [0.15, 0.2) is 5.78 Å². The van der Waals surface area contributed by atoms with Gasteiger partial charge in [0, 0.05) is 24.7 Å². The summed E-state index contributed by atoms with van der Waals surface area (Å²) in [5, 5.41) is 0. The predicted molar refractivity (Wildman–Crippen MR) is 81.6 cm³/mol. The number of sulfonamides is 1. The predicted octanol–water partition coefficient (Wildman–Crippen LogP) is 1.78. The molecule has 2 N–H and O–H groups in total. The summed E-state index contributed by atoms with van der Waals surface area (Å²) in [5.74, 6) is -0.140. The lowest BCUT2D eigenvalue weighted by atomic mass is 9.92. The second-order valence-corrected chi connectivity index (χ2v) is 7.67. The normalized spacial score (nSPS) is 23.2. The van der Waals surface area contributed by atoms with Gasteiger partial charge in [-0.25, -0.2) is 8.42 Å². The molecule has 116 valence electrons. The van der Waals surface area contributed by atoms with Gasteiger partial charge in [-0.15, -0.1) is 0 Å². The summed E-state index contributed by atoms with van der Waals surface area (Å²) in [5.41, 5.74) is 6.28. The Labute approximate surface area is 126 Å². The fourth-order valence-electron chi connectivity index (χ4n) is 2.70. The van der Waals surface area contributed by atoms with Crippen LogP contribution in [0.1, 0.15) is 43.0 Å². The van der Waals surface area contributed by atoms with Crippen molar-refractivity contribution < 1.29 is 13.2 Å². The zero-order chi connectivity index (χ0) is 15.6. The summed E-state index contributed by atoms with van der Waals surface area (Å²) < 4.78 is 26.8. The first-order valence-corrected chi connectivity index (χ1v) is 8.61. The molecule has 6 heteroatoms. The van der Waals surface area contributed by atoms with E-state index in [9.17, 15) is 13.2 Å². The highest BCUT2D eigenvalue weighted by Gasteiger charge is 2.30. The van der Waals surface area contributed by atoms with Gasteiger partial charge in [-0.2, -0.15) is 4.31 Å². The van der Waals surface area contributed by atoms with Crippen molar-refractivity contribution in [2.24, 2.45) is 5.73 Å². The van der Waals surface area contributed by atoms with Crippen LogP contribution in [0.2, 0.25) is 0 Å². The van der Waals surface area contributed by atoms with Crippen LogP contribution in [0.25, 0.3) is 0 Å². The van der Waals surface area contributed by atoms with E-state index in [1.807, 2.05) is 0 Å². The van der Waals surface area contributed by atoms with Crippen molar-refractivity contribution in [3.63, 3.8) is 0 Å².